The number of carbonyl (C=O) groups is 1. The zero-order valence-corrected chi connectivity index (χ0v) is 9.27. The Morgan fingerprint density at radius 3 is 2.82 bits per heavy atom. The van der Waals surface area contributed by atoms with Gasteiger partial charge in [0.05, 0.1) is 11.9 Å². The van der Waals surface area contributed by atoms with E-state index in [1.165, 1.54) is 18.3 Å². The lowest BCUT2D eigenvalue weighted by Gasteiger charge is -2.17. The van der Waals surface area contributed by atoms with Crippen LogP contribution >= 0.6 is 0 Å². The minimum atomic E-state index is -0.536. The molecule has 17 heavy (non-hydrogen) atoms. The van der Waals surface area contributed by atoms with E-state index in [1.807, 2.05) is 0 Å². The summed E-state index contributed by atoms with van der Waals surface area (Å²) in [5, 5.41) is 2.79. The van der Waals surface area contributed by atoms with Crippen LogP contribution in [-0.4, -0.2) is 10.9 Å². The van der Waals surface area contributed by atoms with Crippen LogP contribution < -0.4 is 5.32 Å². The Morgan fingerprint density at radius 1 is 1.35 bits per heavy atom. The number of rotatable bonds is 2. The summed E-state index contributed by atoms with van der Waals surface area (Å²) in [5.41, 5.74) is 0.558. The van der Waals surface area contributed by atoms with Gasteiger partial charge in [-0.05, 0) is 36.8 Å². The lowest BCUT2D eigenvalue weighted by atomic mass is 9.93. The Morgan fingerprint density at radius 2 is 2.24 bits per heavy atom. The van der Waals surface area contributed by atoms with Gasteiger partial charge in [-0.25, -0.2) is 4.98 Å². The van der Waals surface area contributed by atoms with Crippen molar-refractivity contribution in [2.24, 2.45) is 17.8 Å². The SMILES string of the molecule is O=C(Nc1ccc(F)nc1)C1CC2C=CC1C2. The van der Waals surface area contributed by atoms with Crippen molar-refractivity contribution in [2.45, 2.75) is 12.8 Å². The van der Waals surface area contributed by atoms with Gasteiger partial charge in [0, 0.05) is 5.92 Å². The molecule has 1 saturated carbocycles. The van der Waals surface area contributed by atoms with Gasteiger partial charge in [0.15, 0.2) is 0 Å². The number of amides is 1. The van der Waals surface area contributed by atoms with Crippen molar-refractivity contribution in [1.29, 1.82) is 0 Å². The van der Waals surface area contributed by atoms with Crippen molar-refractivity contribution in [3.63, 3.8) is 0 Å². The molecule has 4 heteroatoms. The van der Waals surface area contributed by atoms with Crippen LogP contribution in [0.15, 0.2) is 30.5 Å². The Hall–Kier alpha value is -1.71. The van der Waals surface area contributed by atoms with E-state index in [0.29, 0.717) is 17.5 Å². The molecule has 1 heterocycles. The highest BCUT2D eigenvalue weighted by molar-refractivity contribution is 5.93. The summed E-state index contributed by atoms with van der Waals surface area (Å²) < 4.78 is 12.6. The van der Waals surface area contributed by atoms with Gasteiger partial charge >= 0.3 is 0 Å². The van der Waals surface area contributed by atoms with Crippen molar-refractivity contribution in [1.82, 2.24) is 4.98 Å². The number of pyridine rings is 1. The smallest absolute Gasteiger partial charge is 0.228 e. The van der Waals surface area contributed by atoms with Gasteiger partial charge in [-0.15, -0.1) is 0 Å². The molecule has 3 nitrogen and oxygen atoms in total. The largest absolute Gasteiger partial charge is 0.324 e. The topological polar surface area (TPSA) is 42.0 Å². The number of halogens is 1. The molecule has 1 N–H and O–H groups in total. The fourth-order valence-corrected chi connectivity index (χ4v) is 2.77. The molecular formula is C13H13FN2O. The summed E-state index contributed by atoms with van der Waals surface area (Å²) >= 11 is 0. The summed E-state index contributed by atoms with van der Waals surface area (Å²) in [6.45, 7) is 0. The van der Waals surface area contributed by atoms with Gasteiger partial charge in [-0.1, -0.05) is 12.2 Å². The third kappa shape index (κ3) is 1.95. The maximum atomic E-state index is 12.6. The second kappa shape index (κ2) is 3.95. The molecule has 3 unspecified atom stereocenters. The molecule has 3 atom stereocenters. The normalized spacial score (nSPS) is 29.6. The van der Waals surface area contributed by atoms with E-state index in [9.17, 15) is 9.18 Å². The molecule has 1 amide bonds. The summed E-state index contributed by atoms with van der Waals surface area (Å²) in [6, 6.07) is 2.78. The molecule has 1 aromatic rings. The first kappa shape index (κ1) is 10.4. The summed E-state index contributed by atoms with van der Waals surface area (Å²) in [5.74, 6) is 0.506. The number of anilines is 1. The maximum Gasteiger partial charge on any atom is 0.228 e. The number of nitrogens with one attached hydrogen (secondary N) is 1. The van der Waals surface area contributed by atoms with Crippen molar-refractivity contribution in [2.75, 3.05) is 5.32 Å². The average molecular weight is 232 g/mol. The predicted octanol–water partition coefficient (Wildman–Crippen LogP) is 2.37. The molecule has 0 radical (unpaired) electrons. The summed E-state index contributed by atoms with van der Waals surface area (Å²) in [6.07, 6.45) is 7.72. The van der Waals surface area contributed by atoms with Crippen LogP contribution in [0, 0.1) is 23.7 Å². The van der Waals surface area contributed by atoms with Crippen molar-refractivity contribution < 1.29 is 9.18 Å². The van der Waals surface area contributed by atoms with Gasteiger partial charge in [-0.3, -0.25) is 4.79 Å². The highest BCUT2D eigenvalue weighted by Crippen LogP contribution is 2.43. The van der Waals surface area contributed by atoms with E-state index in [-0.39, 0.29) is 11.8 Å². The Kier molecular flexibility index (Phi) is 2.42. The molecule has 0 spiro atoms. The molecular weight excluding hydrogens is 219 g/mol. The van der Waals surface area contributed by atoms with Gasteiger partial charge in [0.25, 0.3) is 0 Å². The first-order valence-electron chi connectivity index (χ1n) is 5.83. The third-order valence-electron chi connectivity index (χ3n) is 3.61. The fraction of sp³-hybridized carbons (Fsp3) is 0.385. The van der Waals surface area contributed by atoms with Crippen molar-refractivity contribution in [3.05, 3.63) is 36.4 Å². The fourth-order valence-electron chi connectivity index (χ4n) is 2.77. The highest BCUT2D eigenvalue weighted by atomic mass is 19.1. The molecule has 3 rings (SSSR count). The van der Waals surface area contributed by atoms with E-state index in [4.69, 9.17) is 0 Å². The molecule has 2 bridgehead atoms. The first-order valence-corrected chi connectivity index (χ1v) is 5.83. The van der Waals surface area contributed by atoms with Crippen LogP contribution in [0.3, 0.4) is 0 Å². The molecule has 2 aliphatic rings. The van der Waals surface area contributed by atoms with Crippen LogP contribution in [0.2, 0.25) is 0 Å². The molecule has 1 fully saturated rings. The molecule has 88 valence electrons. The van der Waals surface area contributed by atoms with Crippen LogP contribution in [0.4, 0.5) is 10.1 Å². The number of fused-ring (bicyclic) bond motifs is 2. The second-order valence-electron chi connectivity index (χ2n) is 4.75. The molecule has 0 aromatic carbocycles. The minimum Gasteiger partial charge on any atom is -0.324 e. The molecule has 2 aliphatic carbocycles. The van der Waals surface area contributed by atoms with Crippen LogP contribution in [0.5, 0.6) is 0 Å². The van der Waals surface area contributed by atoms with E-state index in [1.54, 1.807) is 0 Å². The Labute approximate surface area is 98.7 Å². The number of carbonyl (C=O) groups excluding carboxylic acids is 1. The van der Waals surface area contributed by atoms with E-state index in [2.05, 4.69) is 22.5 Å². The third-order valence-corrected chi connectivity index (χ3v) is 3.61. The maximum absolute atomic E-state index is 12.6. The van der Waals surface area contributed by atoms with Gasteiger partial charge in [0.1, 0.15) is 0 Å². The highest BCUT2D eigenvalue weighted by Gasteiger charge is 2.39. The van der Waals surface area contributed by atoms with Gasteiger partial charge in [0.2, 0.25) is 11.9 Å². The average Bonchev–Trinajstić information content (AvgIpc) is 2.94. The standard InChI is InChI=1S/C13H13FN2O/c14-12-4-3-10(7-15-12)16-13(17)11-6-8-1-2-9(11)5-8/h1-4,7-9,11H,5-6H2,(H,16,17). The number of allylic oxidation sites excluding steroid dienone is 2. The van der Waals surface area contributed by atoms with E-state index < -0.39 is 5.95 Å². The first-order chi connectivity index (χ1) is 8.22. The molecule has 0 aliphatic heterocycles. The number of hydrogen-bond donors (Lipinski definition) is 1. The number of hydrogen-bond acceptors (Lipinski definition) is 2. The van der Waals surface area contributed by atoms with E-state index in [0.717, 1.165) is 12.8 Å². The zero-order valence-electron chi connectivity index (χ0n) is 9.27. The van der Waals surface area contributed by atoms with Gasteiger partial charge in [-0.2, -0.15) is 4.39 Å². The quantitative estimate of drug-likeness (QED) is 0.628. The van der Waals surface area contributed by atoms with Crippen molar-refractivity contribution >= 4 is 11.6 Å². The van der Waals surface area contributed by atoms with Crippen molar-refractivity contribution in [3.8, 4) is 0 Å². The van der Waals surface area contributed by atoms with Crippen LogP contribution in [0.25, 0.3) is 0 Å². The number of aromatic nitrogens is 1. The zero-order chi connectivity index (χ0) is 11.8. The Bertz CT molecular complexity index is 469. The summed E-state index contributed by atoms with van der Waals surface area (Å²) in [4.78, 5) is 15.5. The molecule has 0 saturated heterocycles. The lowest BCUT2D eigenvalue weighted by Crippen LogP contribution is -2.25. The lowest BCUT2D eigenvalue weighted by molar-refractivity contribution is -0.120. The van der Waals surface area contributed by atoms with Crippen LogP contribution in [0.1, 0.15) is 12.8 Å². The molecule has 1 aromatic heterocycles. The van der Waals surface area contributed by atoms with Gasteiger partial charge < -0.3 is 5.32 Å². The summed E-state index contributed by atoms with van der Waals surface area (Å²) in [7, 11) is 0. The van der Waals surface area contributed by atoms with Crippen LogP contribution in [-0.2, 0) is 4.79 Å². The monoisotopic (exact) mass is 232 g/mol. The predicted molar refractivity (Wildman–Crippen MR) is 61.7 cm³/mol. The minimum absolute atomic E-state index is 0.0234. The second-order valence-corrected chi connectivity index (χ2v) is 4.75. The Balaban J connectivity index is 1.68. The number of nitrogens with zero attached hydrogens (tertiary/aromatic N) is 1. The van der Waals surface area contributed by atoms with E-state index >= 15 is 0 Å².